The van der Waals surface area contributed by atoms with Crippen LogP contribution in [0.2, 0.25) is 0 Å². The fourth-order valence-corrected chi connectivity index (χ4v) is 2.13. The molecule has 1 aliphatic heterocycles. The highest BCUT2D eigenvalue weighted by Crippen LogP contribution is 2.19. The van der Waals surface area contributed by atoms with Crippen molar-refractivity contribution in [1.82, 2.24) is 4.90 Å². The van der Waals surface area contributed by atoms with Crippen LogP contribution in [0.4, 0.5) is 5.69 Å². The van der Waals surface area contributed by atoms with Crippen LogP contribution >= 0.6 is 0 Å². The van der Waals surface area contributed by atoms with Gasteiger partial charge in [0.05, 0.1) is 11.7 Å². The number of rotatable bonds is 2. The van der Waals surface area contributed by atoms with Gasteiger partial charge in [0.15, 0.2) is 0 Å². The maximum Gasteiger partial charge on any atom is 0.255 e. The molecule has 0 aliphatic carbocycles. The summed E-state index contributed by atoms with van der Waals surface area (Å²) in [4.78, 5) is 14.1. The van der Waals surface area contributed by atoms with Crippen LogP contribution in [0, 0.1) is 0 Å². The lowest BCUT2D eigenvalue weighted by atomic mass is 10.1. The molecule has 0 bridgehead atoms. The molecule has 2 rings (SSSR count). The quantitative estimate of drug-likeness (QED) is 0.811. The number of aliphatic hydroxyl groups excluding tert-OH is 1. The number of hydrogen-bond donors (Lipinski definition) is 2. The summed E-state index contributed by atoms with van der Waals surface area (Å²) < 4.78 is 0. The summed E-state index contributed by atoms with van der Waals surface area (Å²) in [5.41, 5.74) is 1.55. The van der Waals surface area contributed by atoms with E-state index in [1.807, 2.05) is 36.2 Å². The molecule has 0 atom stereocenters. The second kappa shape index (κ2) is 5.19. The predicted molar refractivity (Wildman–Crippen MR) is 67.1 cm³/mol. The summed E-state index contributed by atoms with van der Waals surface area (Å²) in [5.74, 6) is 0.0434. The molecule has 0 saturated carbocycles. The summed E-state index contributed by atoms with van der Waals surface area (Å²) in [7, 11) is 1.81. The molecule has 0 unspecified atom stereocenters. The van der Waals surface area contributed by atoms with E-state index in [2.05, 4.69) is 5.32 Å². The zero-order chi connectivity index (χ0) is 12.3. The Morgan fingerprint density at radius 2 is 2.00 bits per heavy atom. The molecule has 4 nitrogen and oxygen atoms in total. The van der Waals surface area contributed by atoms with Crippen molar-refractivity contribution in [3.8, 4) is 0 Å². The van der Waals surface area contributed by atoms with Crippen LogP contribution in [0.15, 0.2) is 24.3 Å². The number of likely N-dealkylation sites (tertiary alicyclic amines) is 1. The largest absolute Gasteiger partial charge is 0.393 e. The summed E-state index contributed by atoms with van der Waals surface area (Å²) >= 11 is 0. The van der Waals surface area contributed by atoms with Crippen LogP contribution in [0.3, 0.4) is 0 Å². The molecule has 17 heavy (non-hydrogen) atoms. The van der Waals surface area contributed by atoms with Gasteiger partial charge in [-0.2, -0.15) is 0 Å². The first-order valence-electron chi connectivity index (χ1n) is 5.96. The minimum atomic E-state index is -0.251. The van der Waals surface area contributed by atoms with E-state index in [4.69, 9.17) is 0 Å². The smallest absolute Gasteiger partial charge is 0.255 e. The number of amides is 1. The SMILES string of the molecule is CNc1ccccc1C(=O)N1CCC(O)CC1. The summed E-state index contributed by atoms with van der Waals surface area (Å²) in [6.07, 6.45) is 1.10. The zero-order valence-electron chi connectivity index (χ0n) is 10.0. The Kier molecular flexibility index (Phi) is 3.64. The number of nitrogens with one attached hydrogen (secondary N) is 1. The molecule has 4 heteroatoms. The van der Waals surface area contributed by atoms with Gasteiger partial charge < -0.3 is 15.3 Å². The van der Waals surface area contributed by atoms with Crippen LogP contribution < -0.4 is 5.32 Å². The Bertz CT molecular complexity index is 398. The van der Waals surface area contributed by atoms with Crippen molar-refractivity contribution in [3.05, 3.63) is 29.8 Å². The monoisotopic (exact) mass is 234 g/mol. The Morgan fingerprint density at radius 3 is 2.65 bits per heavy atom. The standard InChI is InChI=1S/C13H18N2O2/c1-14-12-5-3-2-4-11(12)13(17)15-8-6-10(16)7-9-15/h2-5,10,14,16H,6-9H2,1H3. The van der Waals surface area contributed by atoms with Gasteiger partial charge in [0, 0.05) is 25.8 Å². The first-order valence-corrected chi connectivity index (χ1v) is 5.96. The second-order valence-corrected chi connectivity index (χ2v) is 4.32. The van der Waals surface area contributed by atoms with Gasteiger partial charge in [0.2, 0.25) is 0 Å². The first kappa shape index (κ1) is 11.9. The third kappa shape index (κ3) is 2.58. The molecule has 0 spiro atoms. The topological polar surface area (TPSA) is 52.6 Å². The number of benzene rings is 1. The van der Waals surface area contributed by atoms with Crippen molar-refractivity contribution < 1.29 is 9.90 Å². The maximum atomic E-state index is 12.3. The van der Waals surface area contributed by atoms with E-state index in [0.717, 1.165) is 5.69 Å². The number of para-hydroxylation sites is 1. The van der Waals surface area contributed by atoms with E-state index in [-0.39, 0.29) is 12.0 Å². The van der Waals surface area contributed by atoms with Crippen LogP contribution in [0.1, 0.15) is 23.2 Å². The number of piperidine rings is 1. The third-order valence-electron chi connectivity index (χ3n) is 3.18. The number of hydrogen-bond acceptors (Lipinski definition) is 3. The van der Waals surface area contributed by atoms with E-state index in [1.54, 1.807) is 0 Å². The summed E-state index contributed by atoms with van der Waals surface area (Å²) in [6.45, 7) is 1.27. The zero-order valence-corrected chi connectivity index (χ0v) is 10.0. The normalized spacial score (nSPS) is 16.9. The van der Waals surface area contributed by atoms with Crippen LogP contribution in [-0.2, 0) is 0 Å². The van der Waals surface area contributed by atoms with Crippen molar-refractivity contribution >= 4 is 11.6 Å². The molecule has 1 aliphatic rings. The van der Waals surface area contributed by atoms with Crippen molar-refractivity contribution in [2.45, 2.75) is 18.9 Å². The summed E-state index contributed by atoms with van der Waals surface area (Å²) in [5, 5.41) is 12.5. The Labute approximate surface area is 101 Å². The molecule has 1 fully saturated rings. The lowest BCUT2D eigenvalue weighted by molar-refractivity contribution is 0.0547. The second-order valence-electron chi connectivity index (χ2n) is 4.32. The van der Waals surface area contributed by atoms with Crippen LogP contribution in [0.25, 0.3) is 0 Å². The molecule has 1 heterocycles. The lowest BCUT2D eigenvalue weighted by Gasteiger charge is -2.30. The lowest BCUT2D eigenvalue weighted by Crippen LogP contribution is -2.40. The van der Waals surface area contributed by atoms with E-state index in [9.17, 15) is 9.90 Å². The molecule has 0 aromatic heterocycles. The van der Waals surface area contributed by atoms with Gasteiger partial charge in [-0.3, -0.25) is 4.79 Å². The first-order chi connectivity index (χ1) is 8.22. The van der Waals surface area contributed by atoms with Gasteiger partial charge in [0.1, 0.15) is 0 Å². The molecular formula is C13H18N2O2. The van der Waals surface area contributed by atoms with E-state index in [0.29, 0.717) is 31.5 Å². The fourth-order valence-electron chi connectivity index (χ4n) is 2.13. The van der Waals surface area contributed by atoms with Crippen molar-refractivity contribution in [1.29, 1.82) is 0 Å². The highest BCUT2D eigenvalue weighted by molar-refractivity contribution is 5.99. The molecule has 1 saturated heterocycles. The van der Waals surface area contributed by atoms with Gasteiger partial charge in [-0.05, 0) is 25.0 Å². The molecule has 0 radical (unpaired) electrons. The highest BCUT2D eigenvalue weighted by Gasteiger charge is 2.23. The van der Waals surface area contributed by atoms with Crippen molar-refractivity contribution in [3.63, 3.8) is 0 Å². The average Bonchev–Trinajstić information content (AvgIpc) is 2.39. The molecule has 92 valence electrons. The minimum Gasteiger partial charge on any atom is -0.393 e. The molecule has 2 N–H and O–H groups in total. The number of carbonyl (C=O) groups excluding carboxylic acids is 1. The number of nitrogens with zero attached hydrogens (tertiary/aromatic N) is 1. The fraction of sp³-hybridized carbons (Fsp3) is 0.462. The molecule has 1 amide bonds. The summed E-state index contributed by atoms with van der Waals surface area (Å²) in [6, 6.07) is 7.50. The predicted octanol–water partition coefficient (Wildman–Crippen LogP) is 1.33. The third-order valence-corrected chi connectivity index (χ3v) is 3.18. The minimum absolute atomic E-state index is 0.0434. The molecule has 1 aromatic rings. The number of carbonyl (C=O) groups is 1. The van der Waals surface area contributed by atoms with Crippen LogP contribution in [-0.4, -0.2) is 42.2 Å². The number of anilines is 1. The van der Waals surface area contributed by atoms with E-state index < -0.39 is 0 Å². The van der Waals surface area contributed by atoms with Crippen molar-refractivity contribution in [2.24, 2.45) is 0 Å². The Hall–Kier alpha value is -1.55. The van der Waals surface area contributed by atoms with Gasteiger partial charge in [-0.1, -0.05) is 12.1 Å². The van der Waals surface area contributed by atoms with Crippen molar-refractivity contribution in [2.75, 3.05) is 25.5 Å². The van der Waals surface area contributed by atoms with E-state index >= 15 is 0 Å². The average molecular weight is 234 g/mol. The highest BCUT2D eigenvalue weighted by atomic mass is 16.3. The maximum absolute atomic E-state index is 12.3. The van der Waals surface area contributed by atoms with Crippen LogP contribution in [0.5, 0.6) is 0 Å². The van der Waals surface area contributed by atoms with Gasteiger partial charge in [0.25, 0.3) is 5.91 Å². The molecule has 1 aromatic carbocycles. The van der Waals surface area contributed by atoms with Gasteiger partial charge >= 0.3 is 0 Å². The van der Waals surface area contributed by atoms with Gasteiger partial charge in [-0.25, -0.2) is 0 Å². The van der Waals surface area contributed by atoms with E-state index in [1.165, 1.54) is 0 Å². The molecular weight excluding hydrogens is 216 g/mol. The Balaban J connectivity index is 2.14. The number of aliphatic hydroxyl groups is 1. The van der Waals surface area contributed by atoms with Gasteiger partial charge in [-0.15, -0.1) is 0 Å². The Morgan fingerprint density at radius 1 is 1.35 bits per heavy atom.